The first-order valence-electron chi connectivity index (χ1n) is 12.4. The molecule has 7 rings (SSSR count). The number of ether oxygens (including phenoxy) is 3. The number of rotatable bonds is 9. The number of fused-ring (bicyclic) bond motifs is 3. The van der Waals surface area contributed by atoms with E-state index < -0.39 is 17.9 Å². The number of benzene rings is 1. The van der Waals surface area contributed by atoms with Crippen molar-refractivity contribution in [2.24, 2.45) is 5.41 Å². The van der Waals surface area contributed by atoms with Crippen LogP contribution in [0.15, 0.2) is 34.2 Å². The second-order valence-electron chi connectivity index (χ2n) is 10.3. The van der Waals surface area contributed by atoms with Crippen molar-refractivity contribution in [3.05, 3.63) is 51.7 Å². The minimum atomic E-state index is -4.83. The Morgan fingerprint density at radius 3 is 2.58 bits per heavy atom. The fourth-order valence-corrected chi connectivity index (χ4v) is 6.40. The molecule has 2 aromatic heterocycles. The van der Waals surface area contributed by atoms with Crippen LogP contribution in [-0.4, -0.2) is 40.8 Å². The van der Waals surface area contributed by atoms with Gasteiger partial charge < -0.3 is 23.8 Å². The molecule has 202 valence electrons. The third-order valence-electron chi connectivity index (χ3n) is 7.68. The lowest BCUT2D eigenvalue weighted by Gasteiger charge is -2.52. The Morgan fingerprint density at radius 1 is 1.18 bits per heavy atom. The Kier molecular flexibility index (Phi) is 6.23. The molecule has 4 aliphatic rings. The zero-order valence-electron chi connectivity index (χ0n) is 20.3. The SMILES string of the molecule is O=C(O)c1csc(C23CCC(COCc4c(-c5ccccc5OC(F)(F)F)noc4C4CC4)(CC2)CO3)n1. The van der Waals surface area contributed by atoms with Crippen LogP contribution in [0, 0.1) is 5.41 Å². The van der Waals surface area contributed by atoms with Gasteiger partial charge in [0.2, 0.25) is 0 Å². The highest BCUT2D eigenvalue weighted by molar-refractivity contribution is 7.10. The van der Waals surface area contributed by atoms with Crippen molar-refractivity contribution in [1.82, 2.24) is 10.1 Å². The van der Waals surface area contributed by atoms with Crippen LogP contribution in [0.2, 0.25) is 0 Å². The van der Waals surface area contributed by atoms with Gasteiger partial charge in [0.1, 0.15) is 27.8 Å². The summed E-state index contributed by atoms with van der Waals surface area (Å²) in [5.41, 5.74) is 0.432. The maximum Gasteiger partial charge on any atom is 0.573 e. The van der Waals surface area contributed by atoms with E-state index in [1.165, 1.54) is 29.5 Å². The van der Waals surface area contributed by atoms with Crippen molar-refractivity contribution in [1.29, 1.82) is 0 Å². The van der Waals surface area contributed by atoms with Crippen LogP contribution in [0.5, 0.6) is 5.75 Å². The first kappa shape index (κ1) is 25.3. The van der Waals surface area contributed by atoms with Crippen LogP contribution in [0.3, 0.4) is 0 Å². The number of para-hydroxylation sites is 1. The van der Waals surface area contributed by atoms with Crippen LogP contribution in [-0.2, 0) is 21.7 Å². The number of aromatic nitrogens is 2. The molecule has 8 nitrogen and oxygen atoms in total. The Labute approximate surface area is 219 Å². The summed E-state index contributed by atoms with van der Waals surface area (Å²) in [6.07, 6.45) is 0.144. The number of carboxylic acid groups (broad SMARTS) is 1. The Bertz CT molecular complexity index is 1320. The molecular formula is C26H25F3N2O6S. The maximum absolute atomic E-state index is 13.0. The normalized spacial score (nSPS) is 25.0. The highest BCUT2D eigenvalue weighted by Gasteiger charge is 2.52. The molecule has 3 aromatic rings. The van der Waals surface area contributed by atoms with Crippen molar-refractivity contribution < 1.29 is 41.8 Å². The van der Waals surface area contributed by atoms with Crippen molar-refractivity contribution in [2.75, 3.05) is 13.2 Å². The molecule has 1 aromatic carbocycles. The number of halogens is 3. The maximum atomic E-state index is 13.0. The lowest BCUT2D eigenvalue weighted by atomic mass is 9.66. The zero-order valence-corrected chi connectivity index (χ0v) is 21.1. The molecule has 2 aliphatic heterocycles. The number of hydrogen-bond acceptors (Lipinski definition) is 8. The molecule has 2 saturated heterocycles. The van der Waals surface area contributed by atoms with Crippen molar-refractivity contribution in [3.8, 4) is 17.0 Å². The van der Waals surface area contributed by atoms with Gasteiger partial charge in [0.05, 0.1) is 19.8 Å². The van der Waals surface area contributed by atoms with Crippen LogP contribution in [0.4, 0.5) is 13.2 Å². The summed E-state index contributed by atoms with van der Waals surface area (Å²) in [4.78, 5) is 15.5. The van der Waals surface area contributed by atoms with E-state index in [1.54, 1.807) is 11.4 Å². The Balaban J connectivity index is 1.16. The fraction of sp³-hybridized carbons (Fsp3) is 0.500. The molecule has 0 amide bonds. The molecule has 38 heavy (non-hydrogen) atoms. The van der Waals surface area contributed by atoms with E-state index >= 15 is 0 Å². The predicted octanol–water partition coefficient (Wildman–Crippen LogP) is 6.28. The molecule has 0 spiro atoms. The first-order chi connectivity index (χ1) is 18.2. The number of hydrogen-bond donors (Lipinski definition) is 1. The van der Waals surface area contributed by atoms with Crippen molar-refractivity contribution in [2.45, 2.75) is 63.0 Å². The molecule has 0 radical (unpaired) electrons. The summed E-state index contributed by atoms with van der Waals surface area (Å²) in [6.45, 7) is 1.02. The molecule has 1 N–H and O–H groups in total. The molecule has 12 heteroatoms. The molecule has 0 atom stereocenters. The Morgan fingerprint density at radius 2 is 1.95 bits per heavy atom. The molecule has 4 fully saturated rings. The van der Waals surface area contributed by atoms with E-state index in [4.69, 9.17) is 14.0 Å². The van der Waals surface area contributed by atoms with Crippen LogP contribution < -0.4 is 4.74 Å². The van der Waals surface area contributed by atoms with Gasteiger partial charge in [-0.3, -0.25) is 0 Å². The minimum absolute atomic E-state index is 0.0342. The van der Waals surface area contributed by atoms with Gasteiger partial charge in [-0.1, -0.05) is 17.3 Å². The summed E-state index contributed by atoms with van der Waals surface area (Å²) in [5, 5.41) is 15.6. The molecule has 2 bridgehead atoms. The van der Waals surface area contributed by atoms with Gasteiger partial charge in [0, 0.05) is 27.8 Å². The summed E-state index contributed by atoms with van der Waals surface area (Å²) < 4.78 is 61.4. The quantitative estimate of drug-likeness (QED) is 0.332. The molecule has 4 heterocycles. The zero-order chi connectivity index (χ0) is 26.5. The largest absolute Gasteiger partial charge is 0.573 e. The fourth-order valence-electron chi connectivity index (χ4n) is 5.39. The number of thiazole rings is 1. The van der Waals surface area contributed by atoms with E-state index in [0.717, 1.165) is 38.5 Å². The lowest BCUT2D eigenvalue weighted by Crippen LogP contribution is -2.51. The number of nitrogens with zero attached hydrogens (tertiary/aromatic N) is 2. The van der Waals surface area contributed by atoms with Crippen molar-refractivity contribution >= 4 is 17.3 Å². The third-order valence-corrected chi connectivity index (χ3v) is 8.70. The average Bonchev–Trinajstić information content (AvgIpc) is 3.44. The van der Waals surface area contributed by atoms with Crippen LogP contribution in [0.25, 0.3) is 11.3 Å². The second-order valence-corrected chi connectivity index (χ2v) is 11.2. The topological polar surface area (TPSA) is 104 Å². The number of carbonyl (C=O) groups is 1. The molecular weight excluding hydrogens is 525 g/mol. The van der Waals surface area contributed by atoms with Gasteiger partial charge in [0.25, 0.3) is 0 Å². The summed E-state index contributed by atoms with van der Waals surface area (Å²) in [6, 6.07) is 5.89. The van der Waals surface area contributed by atoms with Gasteiger partial charge in [0.15, 0.2) is 5.69 Å². The number of aromatic carboxylic acids is 1. The van der Waals surface area contributed by atoms with Crippen LogP contribution >= 0.6 is 11.3 Å². The van der Waals surface area contributed by atoms with Gasteiger partial charge in [-0.25, -0.2) is 9.78 Å². The molecule has 2 aliphatic carbocycles. The standard InChI is InChI=1S/C26H25F3N2O6S/c27-26(28,29)36-19-4-2-1-3-16(19)20-17(21(37-31-20)15-5-6-15)11-34-13-24-7-9-25(10-8-24,35-14-24)23-30-18(12-38-23)22(32)33/h1-4,12,15H,5-11,13-14H2,(H,32,33). The first-order valence-corrected chi connectivity index (χ1v) is 13.3. The van der Waals surface area contributed by atoms with E-state index in [-0.39, 0.29) is 34.9 Å². The summed E-state index contributed by atoms with van der Waals surface area (Å²) in [5.74, 6) is -0.552. The molecule has 0 unspecified atom stereocenters. The highest BCUT2D eigenvalue weighted by Crippen LogP contribution is 2.54. The van der Waals surface area contributed by atoms with Gasteiger partial charge in [-0.2, -0.15) is 0 Å². The van der Waals surface area contributed by atoms with Gasteiger partial charge in [-0.05, 0) is 50.7 Å². The molecule has 2 saturated carbocycles. The monoisotopic (exact) mass is 550 g/mol. The summed E-state index contributed by atoms with van der Waals surface area (Å²) in [7, 11) is 0. The number of alkyl halides is 3. The van der Waals surface area contributed by atoms with Crippen molar-refractivity contribution in [3.63, 3.8) is 0 Å². The van der Waals surface area contributed by atoms with Crippen LogP contribution in [0.1, 0.15) is 71.3 Å². The number of carboxylic acids is 1. The summed E-state index contributed by atoms with van der Waals surface area (Å²) >= 11 is 1.32. The van der Waals surface area contributed by atoms with E-state index in [0.29, 0.717) is 35.2 Å². The average molecular weight is 551 g/mol. The second kappa shape index (κ2) is 9.35. The Hall–Kier alpha value is -2.96. The minimum Gasteiger partial charge on any atom is -0.476 e. The van der Waals surface area contributed by atoms with E-state index in [1.807, 2.05) is 0 Å². The third kappa shape index (κ3) is 4.80. The van der Waals surface area contributed by atoms with Gasteiger partial charge in [-0.15, -0.1) is 24.5 Å². The van der Waals surface area contributed by atoms with E-state index in [9.17, 15) is 23.1 Å². The van der Waals surface area contributed by atoms with Gasteiger partial charge >= 0.3 is 12.3 Å². The smallest absolute Gasteiger partial charge is 0.476 e. The predicted molar refractivity (Wildman–Crippen MR) is 128 cm³/mol. The lowest BCUT2D eigenvalue weighted by molar-refractivity contribution is -0.274. The van der Waals surface area contributed by atoms with E-state index in [2.05, 4.69) is 14.9 Å². The highest BCUT2D eigenvalue weighted by atomic mass is 32.1.